The molecule has 8 heteroatoms. The molecule has 0 aliphatic carbocycles. The first-order valence-corrected chi connectivity index (χ1v) is 3.77. The zero-order valence-corrected chi connectivity index (χ0v) is 13.2. The van der Waals surface area contributed by atoms with Crippen LogP contribution in [0.2, 0.25) is 0 Å². The maximum atomic E-state index is 7.50. The molecule has 0 aliphatic rings. The Kier molecular flexibility index (Phi) is 326. The second-order valence-electron chi connectivity index (χ2n) is 1.83. The van der Waals surface area contributed by atoms with Crippen molar-refractivity contribution >= 4 is 0 Å². The summed E-state index contributed by atoms with van der Waals surface area (Å²) >= 11 is 0. The van der Waals surface area contributed by atoms with Crippen molar-refractivity contribution in [3.63, 3.8) is 0 Å². The van der Waals surface area contributed by atoms with E-state index in [4.69, 9.17) is 23.3 Å². The van der Waals surface area contributed by atoms with Crippen molar-refractivity contribution in [3.05, 3.63) is 33.3 Å². The van der Waals surface area contributed by atoms with E-state index in [9.17, 15) is 0 Å². The van der Waals surface area contributed by atoms with Gasteiger partial charge < -0.3 is 0 Å². The van der Waals surface area contributed by atoms with E-state index in [0.717, 1.165) is 6.54 Å². The Morgan fingerprint density at radius 3 is 1.06 bits per heavy atom. The topological polar surface area (TPSA) is 124 Å². The van der Waals surface area contributed by atoms with Crippen molar-refractivity contribution < 1.29 is 44.3 Å². The third kappa shape index (κ3) is 286. The zero-order valence-electron chi connectivity index (χ0n) is 10.2. The molecule has 7 nitrogen and oxygen atoms in total. The molecule has 0 aromatic rings. The summed E-state index contributed by atoms with van der Waals surface area (Å²) in [5, 5.41) is 0. The first kappa shape index (κ1) is 43.3. The Morgan fingerprint density at radius 2 is 1.00 bits per heavy atom. The van der Waals surface area contributed by atoms with Gasteiger partial charge in [0.15, 0.2) is 0 Å². The van der Waals surface area contributed by atoms with Gasteiger partial charge in [0.05, 0.1) is 0 Å². The van der Waals surface area contributed by atoms with Crippen LogP contribution in [0.1, 0.15) is 20.8 Å². The van der Waals surface area contributed by atoms with E-state index in [1.54, 1.807) is 0 Å². The Hall–Kier alpha value is -0.692. The second kappa shape index (κ2) is 136. The fourth-order valence-electron chi connectivity index (χ4n) is 0.306. The smallest absolute Gasteiger partial charge is 0 e. The molecule has 0 saturated heterocycles. The third-order valence-corrected chi connectivity index (χ3v) is 0.568. The fourth-order valence-corrected chi connectivity index (χ4v) is 0.306. The minimum Gasteiger partial charge on any atom is 0 e. The Morgan fingerprint density at radius 1 is 0.778 bits per heavy atom. The van der Waals surface area contributed by atoms with Crippen molar-refractivity contribution in [1.82, 2.24) is 10.9 Å². The van der Waals surface area contributed by atoms with Crippen LogP contribution in [0.3, 0.4) is 0 Å². The molecule has 0 fully saturated rings. The number of nitrogens with one attached hydrogen (secondary N) is 2. The summed E-state index contributed by atoms with van der Waals surface area (Å²) in [6, 6.07) is 0.542. The maximum Gasteiger partial charge on any atom is 0 e. The third-order valence-electron chi connectivity index (χ3n) is 0.568. The van der Waals surface area contributed by atoms with Gasteiger partial charge in [-0.15, -0.1) is 0 Å². The molecule has 0 amide bonds. The number of rotatable bonds is 3. The molecule has 0 aromatic carbocycles. The van der Waals surface area contributed by atoms with Gasteiger partial charge in [0.1, 0.15) is 0 Å². The molecule has 0 radical (unpaired) electrons. The molecular formula is C10H14N2O5W. The largest absolute Gasteiger partial charge is 0 e. The van der Waals surface area contributed by atoms with Crippen LogP contribution < -0.4 is 10.9 Å². The Labute approximate surface area is 122 Å². The van der Waals surface area contributed by atoms with Crippen LogP contribution in [0, 0.1) is 33.3 Å². The van der Waals surface area contributed by atoms with Crippen LogP contribution in [0.25, 0.3) is 0 Å². The SMILES string of the molecule is CCNNC(C)C.[C-]#[O+].[C-]#[O+].[C-]#[O+].[C-]#[O+].[C-]#[O+].[W]. The van der Waals surface area contributed by atoms with Gasteiger partial charge in [-0.05, 0) is 13.8 Å². The molecule has 100 valence electrons. The van der Waals surface area contributed by atoms with Crippen LogP contribution in [0.4, 0.5) is 0 Å². The summed E-state index contributed by atoms with van der Waals surface area (Å²) in [5.41, 5.74) is 6.04. The number of hydrogen-bond donors (Lipinski definition) is 2. The van der Waals surface area contributed by atoms with Crippen molar-refractivity contribution in [3.8, 4) is 0 Å². The van der Waals surface area contributed by atoms with E-state index < -0.39 is 0 Å². The molecule has 0 rings (SSSR count). The first-order valence-electron chi connectivity index (χ1n) is 3.77. The normalized spacial score (nSPS) is 4.56. The summed E-state index contributed by atoms with van der Waals surface area (Å²) in [6.07, 6.45) is 0. The summed E-state index contributed by atoms with van der Waals surface area (Å²) in [6.45, 7) is 29.7. The van der Waals surface area contributed by atoms with Crippen LogP contribution in [0.15, 0.2) is 0 Å². The van der Waals surface area contributed by atoms with Gasteiger partial charge in [-0.1, -0.05) is 6.92 Å². The predicted octanol–water partition coefficient (Wildman–Crippen LogP) is 0.319. The number of hydrogen-bond acceptors (Lipinski definition) is 2. The molecular weight excluding hydrogens is 412 g/mol. The minimum absolute atomic E-state index is 0. The van der Waals surface area contributed by atoms with Gasteiger partial charge in [0.25, 0.3) is 0 Å². The van der Waals surface area contributed by atoms with Gasteiger partial charge >= 0.3 is 56.5 Å². The average molecular weight is 426 g/mol. The molecule has 0 heterocycles. The van der Waals surface area contributed by atoms with Gasteiger partial charge in [0.2, 0.25) is 0 Å². The number of hydrazine groups is 1. The van der Waals surface area contributed by atoms with Gasteiger partial charge in [-0.2, -0.15) is 0 Å². The van der Waals surface area contributed by atoms with Crippen molar-refractivity contribution in [1.29, 1.82) is 0 Å². The van der Waals surface area contributed by atoms with E-state index in [1.807, 2.05) is 0 Å². The van der Waals surface area contributed by atoms with E-state index in [1.165, 1.54) is 0 Å². The van der Waals surface area contributed by atoms with E-state index in [-0.39, 0.29) is 21.1 Å². The molecule has 0 aromatic heterocycles. The summed E-state index contributed by atoms with van der Waals surface area (Å²) in [7, 11) is 0. The average Bonchev–Trinajstić information content (AvgIpc) is 2.47. The summed E-state index contributed by atoms with van der Waals surface area (Å²) < 4.78 is 37.5. The Balaban J connectivity index is -0.0000000189. The molecule has 0 aliphatic heterocycles. The van der Waals surface area contributed by atoms with Crippen LogP contribution >= 0.6 is 0 Å². The summed E-state index contributed by atoms with van der Waals surface area (Å²) in [4.78, 5) is 0. The van der Waals surface area contributed by atoms with Crippen LogP contribution in [-0.2, 0) is 44.3 Å². The van der Waals surface area contributed by atoms with Crippen LogP contribution in [0.5, 0.6) is 0 Å². The predicted molar refractivity (Wildman–Crippen MR) is 51.6 cm³/mol. The van der Waals surface area contributed by atoms with Crippen molar-refractivity contribution in [2.75, 3.05) is 6.54 Å². The van der Waals surface area contributed by atoms with E-state index in [0.29, 0.717) is 6.04 Å². The molecule has 0 unspecified atom stereocenters. The van der Waals surface area contributed by atoms with Gasteiger partial charge in [0, 0.05) is 33.7 Å². The molecule has 0 bridgehead atoms. The summed E-state index contributed by atoms with van der Waals surface area (Å²) in [5.74, 6) is 0. The van der Waals surface area contributed by atoms with E-state index >= 15 is 0 Å². The van der Waals surface area contributed by atoms with E-state index in [2.05, 4.69) is 64.9 Å². The standard InChI is InChI=1S/C5H14N2.5CO.W/c1-4-6-7-5(2)3;5*1-2;/h5-7H,4H2,1-3H3;;;;;;. The quantitative estimate of drug-likeness (QED) is 0.384. The minimum atomic E-state index is 0. The maximum absolute atomic E-state index is 7.50. The monoisotopic (exact) mass is 426 g/mol. The van der Waals surface area contributed by atoms with Crippen molar-refractivity contribution in [2.45, 2.75) is 26.8 Å². The van der Waals surface area contributed by atoms with Gasteiger partial charge in [-0.3, -0.25) is 10.9 Å². The molecule has 0 atom stereocenters. The van der Waals surface area contributed by atoms with Crippen LogP contribution in [-0.4, -0.2) is 12.6 Å². The second-order valence-corrected chi connectivity index (χ2v) is 1.83. The first-order chi connectivity index (χ1) is 8.27. The molecule has 18 heavy (non-hydrogen) atoms. The van der Waals surface area contributed by atoms with Gasteiger partial charge in [-0.25, -0.2) is 0 Å². The zero-order chi connectivity index (χ0) is 15.7. The molecule has 0 spiro atoms. The fraction of sp³-hybridized carbons (Fsp3) is 0.500. The Bertz CT molecular complexity index is 152. The molecule has 2 N–H and O–H groups in total. The van der Waals surface area contributed by atoms with Crippen molar-refractivity contribution in [2.24, 2.45) is 0 Å². The molecule has 0 saturated carbocycles.